The minimum atomic E-state index is -4.24. The lowest BCUT2D eigenvalue weighted by atomic mass is 9.69. The van der Waals surface area contributed by atoms with Gasteiger partial charge in [0.15, 0.2) is 0 Å². The van der Waals surface area contributed by atoms with E-state index >= 15 is 0 Å². The van der Waals surface area contributed by atoms with Crippen molar-refractivity contribution in [2.45, 2.75) is 25.1 Å². The second kappa shape index (κ2) is 4.90. The summed E-state index contributed by atoms with van der Waals surface area (Å²) in [5, 5.41) is -0.681. The largest absolute Gasteiger partial charge is 0.391 e. The molecule has 1 saturated carbocycles. The van der Waals surface area contributed by atoms with Crippen LogP contribution < -0.4 is 5.73 Å². The summed E-state index contributed by atoms with van der Waals surface area (Å²) in [6.07, 6.45) is -4.52. The van der Waals surface area contributed by atoms with E-state index < -0.39 is 40.7 Å². The van der Waals surface area contributed by atoms with Crippen LogP contribution >= 0.6 is 11.6 Å². The molecule has 106 valence electrons. The third kappa shape index (κ3) is 2.69. The second-order valence-corrected chi connectivity index (χ2v) is 5.14. The van der Waals surface area contributed by atoms with Gasteiger partial charge in [-0.05, 0) is 24.8 Å². The number of benzene rings is 1. The summed E-state index contributed by atoms with van der Waals surface area (Å²) in [5.74, 6) is -3.77. The minimum Gasteiger partial charge on any atom is -0.324 e. The fraction of sp³-hybridized carbons (Fsp3) is 0.500. The summed E-state index contributed by atoms with van der Waals surface area (Å²) in [4.78, 5) is 0. The normalized spacial score (nSPS) is 25.0. The zero-order valence-corrected chi connectivity index (χ0v) is 10.4. The molecule has 19 heavy (non-hydrogen) atoms. The van der Waals surface area contributed by atoms with E-state index in [1.54, 1.807) is 0 Å². The van der Waals surface area contributed by atoms with E-state index in [9.17, 15) is 22.0 Å². The van der Waals surface area contributed by atoms with Crippen LogP contribution in [-0.4, -0.2) is 6.18 Å². The molecule has 1 atom stereocenters. The van der Waals surface area contributed by atoms with Gasteiger partial charge in [0.25, 0.3) is 0 Å². The molecule has 0 radical (unpaired) electrons. The molecule has 1 aromatic rings. The average molecular weight is 300 g/mol. The van der Waals surface area contributed by atoms with Crippen LogP contribution in [-0.2, 0) is 0 Å². The van der Waals surface area contributed by atoms with Crippen LogP contribution in [0.25, 0.3) is 0 Å². The third-order valence-electron chi connectivity index (χ3n) is 3.57. The molecule has 1 aliphatic rings. The molecule has 0 amide bonds. The molecule has 0 saturated heterocycles. The molecular formula is C12H11ClF5N. The van der Waals surface area contributed by atoms with Gasteiger partial charge in [0.05, 0.1) is 5.92 Å². The fourth-order valence-electron chi connectivity index (χ4n) is 2.27. The van der Waals surface area contributed by atoms with Gasteiger partial charge in [0.2, 0.25) is 0 Å². The van der Waals surface area contributed by atoms with Crippen molar-refractivity contribution in [3.63, 3.8) is 0 Å². The molecule has 1 aliphatic carbocycles. The number of halogens is 6. The van der Waals surface area contributed by atoms with Crippen LogP contribution in [0.1, 0.15) is 24.4 Å². The Morgan fingerprint density at radius 1 is 1.21 bits per heavy atom. The van der Waals surface area contributed by atoms with Gasteiger partial charge in [-0.2, -0.15) is 13.2 Å². The zero-order valence-electron chi connectivity index (χ0n) is 9.65. The molecule has 7 heteroatoms. The summed E-state index contributed by atoms with van der Waals surface area (Å²) in [6.45, 7) is 0. The highest BCUT2D eigenvalue weighted by atomic mass is 35.5. The first-order valence-electron chi connectivity index (χ1n) is 5.67. The highest BCUT2D eigenvalue weighted by Crippen LogP contribution is 2.49. The van der Waals surface area contributed by atoms with E-state index in [0.717, 1.165) is 12.1 Å². The minimum absolute atomic E-state index is 0.0444. The first-order valence-corrected chi connectivity index (χ1v) is 6.05. The monoisotopic (exact) mass is 299 g/mol. The predicted octanol–water partition coefficient (Wildman–Crippen LogP) is 4.21. The van der Waals surface area contributed by atoms with E-state index in [1.165, 1.54) is 0 Å². The van der Waals surface area contributed by atoms with Gasteiger partial charge in [-0.25, -0.2) is 8.78 Å². The van der Waals surface area contributed by atoms with Crippen molar-refractivity contribution in [1.29, 1.82) is 0 Å². The molecule has 0 unspecified atom stereocenters. The molecule has 1 aromatic carbocycles. The Hall–Kier alpha value is -0.880. The van der Waals surface area contributed by atoms with Crippen molar-refractivity contribution < 1.29 is 22.0 Å². The zero-order chi connectivity index (χ0) is 14.4. The maximum Gasteiger partial charge on any atom is 0.391 e. The molecule has 0 bridgehead atoms. The van der Waals surface area contributed by atoms with Crippen LogP contribution in [0, 0.1) is 23.5 Å². The molecular weight excluding hydrogens is 289 g/mol. The van der Waals surface area contributed by atoms with Crippen molar-refractivity contribution in [3.8, 4) is 0 Å². The molecule has 1 nitrogen and oxygen atoms in total. The number of hydrogen-bond acceptors (Lipinski definition) is 1. The Morgan fingerprint density at radius 2 is 1.79 bits per heavy atom. The van der Waals surface area contributed by atoms with Gasteiger partial charge in [-0.1, -0.05) is 17.7 Å². The summed E-state index contributed by atoms with van der Waals surface area (Å²) >= 11 is 5.41. The van der Waals surface area contributed by atoms with Crippen molar-refractivity contribution in [2.75, 3.05) is 0 Å². The lowest BCUT2D eigenvalue weighted by Gasteiger charge is -2.40. The van der Waals surface area contributed by atoms with E-state index in [1.807, 2.05) is 0 Å². The summed E-state index contributed by atoms with van der Waals surface area (Å²) in [6, 6.07) is 1.18. The summed E-state index contributed by atoms with van der Waals surface area (Å²) in [5.41, 5.74) is 5.69. The van der Waals surface area contributed by atoms with Gasteiger partial charge in [-0.3, -0.25) is 0 Å². The molecule has 0 aliphatic heterocycles. The highest BCUT2D eigenvalue weighted by molar-refractivity contribution is 6.30. The van der Waals surface area contributed by atoms with Crippen LogP contribution in [0.4, 0.5) is 22.0 Å². The highest BCUT2D eigenvalue weighted by Gasteiger charge is 2.49. The van der Waals surface area contributed by atoms with Crippen molar-refractivity contribution >= 4 is 11.6 Å². The lowest BCUT2D eigenvalue weighted by molar-refractivity contribution is -0.206. The van der Waals surface area contributed by atoms with Crippen LogP contribution in [0.3, 0.4) is 0 Å². The first-order chi connectivity index (χ1) is 8.71. The molecule has 1 fully saturated rings. The Balaban J connectivity index is 2.11. The SMILES string of the molecule is N[C@H](c1ccc(F)c(Cl)c1F)C1CC(C(F)(F)F)C1. The number of nitrogens with two attached hydrogens (primary N) is 1. The maximum atomic E-state index is 13.7. The smallest absolute Gasteiger partial charge is 0.324 e. The van der Waals surface area contributed by atoms with Gasteiger partial charge < -0.3 is 5.73 Å². The summed E-state index contributed by atoms with van der Waals surface area (Å²) < 4.78 is 63.7. The topological polar surface area (TPSA) is 26.0 Å². The van der Waals surface area contributed by atoms with Gasteiger partial charge in [0, 0.05) is 11.6 Å². The predicted molar refractivity (Wildman–Crippen MR) is 60.6 cm³/mol. The van der Waals surface area contributed by atoms with E-state index in [-0.39, 0.29) is 18.4 Å². The van der Waals surface area contributed by atoms with Crippen molar-refractivity contribution in [2.24, 2.45) is 17.6 Å². The molecule has 2 N–H and O–H groups in total. The number of rotatable bonds is 2. The standard InChI is InChI=1S/C12H11ClF5N/c13-9-8(14)2-1-7(10(9)15)11(19)5-3-6(4-5)12(16,17)18/h1-2,5-6,11H,3-4,19H2/t5?,6?,11-/m0/s1. The second-order valence-electron chi connectivity index (χ2n) is 4.76. The molecule has 0 spiro atoms. The molecule has 2 rings (SSSR count). The first kappa shape index (κ1) is 14.5. The van der Waals surface area contributed by atoms with Crippen LogP contribution in [0.2, 0.25) is 5.02 Å². The van der Waals surface area contributed by atoms with Crippen molar-refractivity contribution in [3.05, 3.63) is 34.4 Å². The van der Waals surface area contributed by atoms with E-state index in [2.05, 4.69) is 0 Å². The quantitative estimate of drug-likeness (QED) is 0.642. The number of alkyl halides is 3. The third-order valence-corrected chi connectivity index (χ3v) is 3.92. The van der Waals surface area contributed by atoms with Gasteiger partial charge in [0.1, 0.15) is 16.7 Å². The lowest BCUT2D eigenvalue weighted by Crippen LogP contribution is -2.40. The maximum absolute atomic E-state index is 13.7. The average Bonchev–Trinajstić information content (AvgIpc) is 2.21. The Labute approximate surface area is 111 Å². The Morgan fingerprint density at radius 3 is 2.32 bits per heavy atom. The van der Waals surface area contributed by atoms with E-state index in [0.29, 0.717) is 0 Å². The Kier molecular flexibility index (Phi) is 3.75. The van der Waals surface area contributed by atoms with E-state index in [4.69, 9.17) is 17.3 Å². The molecule has 0 heterocycles. The fourth-order valence-corrected chi connectivity index (χ4v) is 2.45. The van der Waals surface area contributed by atoms with Crippen LogP contribution in [0.15, 0.2) is 12.1 Å². The summed E-state index contributed by atoms with van der Waals surface area (Å²) in [7, 11) is 0. The van der Waals surface area contributed by atoms with Gasteiger partial charge in [-0.15, -0.1) is 0 Å². The Bertz CT molecular complexity index is 482. The van der Waals surface area contributed by atoms with Crippen LogP contribution in [0.5, 0.6) is 0 Å². The molecule has 0 aromatic heterocycles. The number of hydrogen-bond donors (Lipinski definition) is 1. The van der Waals surface area contributed by atoms with Gasteiger partial charge >= 0.3 is 6.18 Å². The van der Waals surface area contributed by atoms with Crippen molar-refractivity contribution in [1.82, 2.24) is 0 Å².